The van der Waals surface area contributed by atoms with Crippen molar-refractivity contribution in [2.24, 2.45) is 4.99 Å². The highest BCUT2D eigenvalue weighted by atomic mass is 32.2. The van der Waals surface area contributed by atoms with E-state index >= 15 is 0 Å². The van der Waals surface area contributed by atoms with Crippen LogP contribution in [0.2, 0.25) is 0 Å². The maximum absolute atomic E-state index is 12.8. The Bertz CT molecular complexity index is 1730. The number of carbonyl (C=O) groups is 4. The largest absolute Gasteiger partial charge is 0.465 e. The summed E-state index contributed by atoms with van der Waals surface area (Å²) in [6, 6.07) is 4.91. The molecular weight excluding hydrogens is 603 g/mol. The van der Waals surface area contributed by atoms with E-state index in [0.717, 1.165) is 47.5 Å². The number of esters is 2. The fourth-order valence-corrected chi connectivity index (χ4v) is 8.10. The maximum Gasteiger partial charge on any atom is 0.341 e. The number of rotatable bonds is 10. The van der Waals surface area contributed by atoms with Gasteiger partial charge < -0.3 is 19.4 Å². The summed E-state index contributed by atoms with van der Waals surface area (Å²) < 4.78 is 37.9. The molecule has 2 aromatic heterocycles. The molecular formula is C28H31N3O8S3. The van der Waals surface area contributed by atoms with Gasteiger partial charge in [-0.3, -0.25) is 9.59 Å². The minimum Gasteiger partial charge on any atom is -0.465 e. The predicted octanol–water partition coefficient (Wildman–Crippen LogP) is 3.66. The monoisotopic (exact) mass is 633 g/mol. The van der Waals surface area contributed by atoms with Crippen molar-refractivity contribution < 1.29 is 37.1 Å². The number of nitrogens with one attached hydrogen (secondary N) is 1. The second-order valence-electron chi connectivity index (χ2n) is 9.53. The molecule has 1 aliphatic carbocycles. The van der Waals surface area contributed by atoms with Gasteiger partial charge in [0.05, 0.1) is 35.1 Å². The average Bonchev–Trinajstić information content (AvgIpc) is 3.33. The van der Waals surface area contributed by atoms with Crippen LogP contribution in [-0.4, -0.2) is 62.0 Å². The van der Waals surface area contributed by atoms with Crippen LogP contribution >= 0.6 is 22.7 Å². The number of aromatic nitrogens is 1. The Morgan fingerprint density at radius 3 is 2.57 bits per heavy atom. The Hall–Kier alpha value is -3.62. The molecule has 0 spiro atoms. The minimum absolute atomic E-state index is 0.221. The van der Waals surface area contributed by atoms with E-state index in [9.17, 15) is 27.6 Å². The van der Waals surface area contributed by atoms with E-state index in [2.05, 4.69) is 16.9 Å². The standard InChI is InChI=1S/C28H31N3O8S3/c1-4-13-31-19-12-11-17(26(34)39-5-2)14-21(19)41-28(31)30-23(33)16-42(36,37)15-22(32)29-25-24(27(35)38-3)18-9-7-6-8-10-20(18)40-25/h4,11-12,14H,1,5-10,13,15-16H2,2-3H3,(H,29,32). The maximum atomic E-state index is 12.8. The molecule has 4 rings (SSSR count). The summed E-state index contributed by atoms with van der Waals surface area (Å²) in [7, 11) is -2.95. The van der Waals surface area contributed by atoms with Crippen LogP contribution in [0.25, 0.3) is 10.2 Å². The molecule has 0 radical (unpaired) electrons. The van der Waals surface area contributed by atoms with E-state index in [-0.39, 0.29) is 28.5 Å². The van der Waals surface area contributed by atoms with Crippen LogP contribution in [-0.2, 0) is 48.3 Å². The van der Waals surface area contributed by atoms with Gasteiger partial charge in [-0.15, -0.1) is 17.9 Å². The lowest BCUT2D eigenvalue weighted by Crippen LogP contribution is -2.28. The molecule has 224 valence electrons. The van der Waals surface area contributed by atoms with Gasteiger partial charge in [0, 0.05) is 11.4 Å². The fourth-order valence-electron chi connectivity index (χ4n) is 4.69. The normalized spacial score (nSPS) is 13.7. The number of benzene rings is 1. The molecule has 2 heterocycles. The number of nitrogens with zero attached hydrogens (tertiary/aromatic N) is 2. The average molecular weight is 634 g/mol. The van der Waals surface area contributed by atoms with Crippen LogP contribution < -0.4 is 10.1 Å². The van der Waals surface area contributed by atoms with Crippen LogP contribution in [0, 0.1) is 0 Å². The van der Waals surface area contributed by atoms with Crippen LogP contribution in [0.15, 0.2) is 35.8 Å². The van der Waals surface area contributed by atoms with Crippen molar-refractivity contribution in [2.45, 2.75) is 45.6 Å². The van der Waals surface area contributed by atoms with Crippen molar-refractivity contribution in [2.75, 3.05) is 30.5 Å². The van der Waals surface area contributed by atoms with Crippen LogP contribution in [0.4, 0.5) is 5.00 Å². The quantitative estimate of drug-likeness (QED) is 0.202. The van der Waals surface area contributed by atoms with Gasteiger partial charge in [-0.05, 0) is 56.4 Å². The molecule has 3 aromatic rings. The lowest BCUT2D eigenvalue weighted by Gasteiger charge is -2.07. The summed E-state index contributed by atoms with van der Waals surface area (Å²) in [6.45, 7) is 5.93. The van der Waals surface area contributed by atoms with Crippen LogP contribution in [0.3, 0.4) is 0 Å². The number of hydrogen-bond donors (Lipinski definition) is 1. The molecule has 0 atom stereocenters. The van der Waals surface area contributed by atoms with Crippen molar-refractivity contribution in [1.82, 2.24) is 4.57 Å². The Morgan fingerprint density at radius 1 is 1.10 bits per heavy atom. The fraction of sp³-hybridized carbons (Fsp3) is 0.393. The van der Waals surface area contributed by atoms with Crippen molar-refractivity contribution in [3.8, 4) is 0 Å². The number of thiophene rings is 1. The summed E-state index contributed by atoms with van der Waals surface area (Å²) in [5.41, 5.74) is 2.11. The SMILES string of the molecule is C=CCn1c(=NC(=O)CS(=O)(=O)CC(=O)Nc2sc3c(c2C(=O)OC)CCCCC3)sc2cc(C(=O)OCC)ccc21. The third-order valence-electron chi connectivity index (χ3n) is 6.48. The smallest absolute Gasteiger partial charge is 0.341 e. The number of aryl methyl sites for hydroxylation is 1. The summed E-state index contributed by atoms with van der Waals surface area (Å²) in [5, 5.41) is 2.81. The third kappa shape index (κ3) is 7.23. The Morgan fingerprint density at radius 2 is 1.86 bits per heavy atom. The molecule has 1 N–H and O–H groups in total. The predicted molar refractivity (Wildman–Crippen MR) is 161 cm³/mol. The van der Waals surface area contributed by atoms with Gasteiger partial charge in [0.2, 0.25) is 5.91 Å². The van der Waals surface area contributed by atoms with E-state index in [1.165, 1.54) is 18.4 Å². The lowest BCUT2D eigenvalue weighted by atomic mass is 10.1. The lowest BCUT2D eigenvalue weighted by molar-refractivity contribution is -0.115. The van der Waals surface area contributed by atoms with Gasteiger partial charge in [-0.25, -0.2) is 18.0 Å². The number of amides is 2. The second-order valence-corrected chi connectivity index (χ2v) is 13.7. The highest BCUT2D eigenvalue weighted by Gasteiger charge is 2.28. The van der Waals surface area contributed by atoms with Crippen molar-refractivity contribution >= 4 is 71.5 Å². The van der Waals surface area contributed by atoms with E-state index in [1.54, 1.807) is 35.8 Å². The van der Waals surface area contributed by atoms with Crippen molar-refractivity contribution in [3.05, 3.63) is 57.2 Å². The van der Waals surface area contributed by atoms with Gasteiger partial charge in [-0.1, -0.05) is 23.8 Å². The number of anilines is 1. The molecule has 0 aliphatic heterocycles. The highest BCUT2D eigenvalue weighted by Crippen LogP contribution is 2.38. The molecule has 0 saturated carbocycles. The summed E-state index contributed by atoms with van der Waals surface area (Å²) >= 11 is 2.36. The molecule has 0 saturated heterocycles. The van der Waals surface area contributed by atoms with Gasteiger partial charge >= 0.3 is 11.9 Å². The number of allylic oxidation sites excluding steroid dienone is 1. The molecule has 1 aliphatic rings. The molecule has 0 unspecified atom stereocenters. The van der Waals surface area contributed by atoms with Crippen molar-refractivity contribution in [3.63, 3.8) is 0 Å². The third-order valence-corrected chi connectivity index (χ3v) is 10.1. The van der Waals surface area contributed by atoms with Gasteiger partial charge in [0.25, 0.3) is 5.91 Å². The van der Waals surface area contributed by atoms with E-state index in [4.69, 9.17) is 9.47 Å². The van der Waals surface area contributed by atoms with Crippen LogP contribution in [0.5, 0.6) is 0 Å². The van der Waals surface area contributed by atoms with Crippen molar-refractivity contribution in [1.29, 1.82) is 0 Å². The summed E-state index contributed by atoms with van der Waals surface area (Å²) in [6.07, 6.45) is 5.93. The molecule has 42 heavy (non-hydrogen) atoms. The zero-order chi connectivity index (χ0) is 30.4. The topological polar surface area (TPSA) is 150 Å². The van der Waals surface area contributed by atoms with Gasteiger partial charge in [0.15, 0.2) is 14.6 Å². The van der Waals surface area contributed by atoms with Crippen LogP contribution in [0.1, 0.15) is 57.3 Å². The number of hydrogen-bond acceptors (Lipinski definition) is 10. The number of carbonyl (C=O) groups excluding carboxylic acids is 4. The number of thiazole rings is 1. The Kier molecular flexibility index (Phi) is 10.1. The van der Waals surface area contributed by atoms with Gasteiger partial charge in [0.1, 0.15) is 16.5 Å². The Balaban J connectivity index is 1.52. The number of sulfone groups is 1. The van der Waals surface area contributed by atoms with E-state index in [0.29, 0.717) is 22.2 Å². The number of methoxy groups -OCH3 is 1. The zero-order valence-corrected chi connectivity index (χ0v) is 25.7. The number of fused-ring (bicyclic) bond motifs is 2. The first kappa shape index (κ1) is 31.3. The molecule has 11 nitrogen and oxygen atoms in total. The Labute approximate surface area is 250 Å². The number of ether oxygens (including phenoxy) is 2. The second kappa shape index (κ2) is 13.6. The summed E-state index contributed by atoms with van der Waals surface area (Å²) in [4.78, 5) is 55.4. The molecule has 1 aromatic carbocycles. The van der Waals surface area contributed by atoms with E-state index in [1.807, 2.05) is 0 Å². The van der Waals surface area contributed by atoms with E-state index < -0.39 is 45.1 Å². The zero-order valence-electron chi connectivity index (χ0n) is 23.3. The highest BCUT2D eigenvalue weighted by molar-refractivity contribution is 7.92. The first-order chi connectivity index (χ1) is 20.1. The molecule has 0 fully saturated rings. The molecule has 2 amide bonds. The van der Waals surface area contributed by atoms with Gasteiger partial charge in [-0.2, -0.15) is 4.99 Å². The molecule has 0 bridgehead atoms. The summed E-state index contributed by atoms with van der Waals surface area (Å²) in [5.74, 6) is -4.83. The minimum atomic E-state index is -4.20. The molecule has 14 heteroatoms. The first-order valence-electron chi connectivity index (χ1n) is 13.3. The first-order valence-corrected chi connectivity index (χ1v) is 16.7.